The van der Waals surface area contributed by atoms with Crippen LogP contribution in [0, 0.1) is 6.92 Å². The smallest absolute Gasteiger partial charge is 0.0684 e. The summed E-state index contributed by atoms with van der Waals surface area (Å²) in [6, 6.07) is 0.641. The summed E-state index contributed by atoms with van der Waals surface area (Å²) in [5.41, 5.74) is 2.78. The second-order valence-electron chi connectivity index (χ2n) is 5.49. The van der Waals surface area contributed by atoms with Gasteiger partial charge in [0.15, 0.2) is 0 Å². The summed E-state index contributed by atoms with van der Waals surface area (Å²) in [7, 11) is 2.21. The number of hydrogen-bond acceptors (Lipinski definition) is 2. The topological polar surface area (TPSA) is 21.1 Å². The van der Waals surface area contributed by atoms with E-state index in [-0.39, 0.29) is 0 Å². The Hall–Kier alpha value is -0.830. The van der Waals surface area contributed by atoms with Gasteiger partial charge in [-0.3, -0.25) is 4.68 Å². The molecular formula is C15H27N3. The average molecular weight is 249 g/mol. The van der Waals surface area contributed by atoms with Crippen molar-refractivity contribution >= 4 is 0 Å². The second-order valence-corrected chi connectivity index (χ2v) is 5.49. The first-order valence-corrected chi connectivity index (χ1v) is 7.48. The van der Waals surface area contributed by atoms with Crippen LogP contribution >= 0.6 is 0 Å². The molecule has 1 aliphatic heterocycles. The van der Waals surface area contributed by atoms with Crippen molar-refractivity contribution in [1.29, 1.82) is 0 Å². The normalized spacial score (nSPS) is 21.6. The maximum atomic E-state index is 4.82. The van der Waals surface area contributed by atoms with E-state index in [9.17, 15) is 0 Å². The molecule has 0 atom stereocenters. The van der Waals surface area contributed by atoms with Gasteiger partial charge in [-0.05, 0) is 58.3 Å². The van der Waals surface area contributed by atoms with Gasteiger partial charge in [0, 0.05) is 12.1 Å². The molecule has 0 unspecified atom stereocenters. The average Bonchev–Trinajstić information content (AvgIpc) is 3.16. The zero-order valence-corrected chi connectivity index (χ0v) is 12.3. The van der Waals surface area contributed by atoms with Crippen LogP contribution in [0.5, 0.6) is 0 Å². The number of aromatic nitrogens is 2. The van der Waals surface area contributed by atoms with Crippen LogP contribution in [0.25, 0.3) is 0 Å². The van der Waals surface area contributed by atoms with E-state index in [0.717, 1.165) is 5.92 Å². The van der Waals surface area contributed by atoms with E-state index in [4.69, 9.17) is 5.10 Å². The SMILES string of the molecule is CC.Cc1cn(C2CCN(C)CC2)nc1C1CC1. The molecule has 102 valence electrons. The van der Waals surface area contributed by atoms with Gasteiger partial charge in [-0.15, -0.1) is 0 Å². The molecule has 2 heterocycles. The summed E-state index contributed by atoms with van der Waals surface area (Å²) in [4.78, 5) is 2.41. The summed E-state index contributed by atoms with van der Waals surface area (Å²) >= 11 is 0. The first-order valence-electron chi connectivity index (χ1n) is 7.48. The third kappa shape index (κ3) is 2.94. The van der Waals surface area contributed by atoms with Gasteiger partial charge in [-0.25, -0.2) is 0 Å². The van der Waals surface area contributed by atoms with Crippen molar-refractivity contribution in [3.63, 3.8) is 0 Å². The van der Waals surface area contributed by atoms with E-state index in [0.29, 0.717) is 6.04 Å². The highest BCUT2D eigenvalue weighted by Gasteiger charge is 2.29. The quantitative estimate of drug-likeness (QED) is 0.801. The fraction of sp³-hybridized carbons (Fsp3) is 0.800. The van der Waals surface area contributed by atoms with Gasteiger partial charge in [-0.1, -0.05) is 13.8 Å². The van der Waals surface area contributed by atoms with Crippen LogP contribution in [0.4, 0.5) is 0 Å². The molecule has 0 bridgehead atoms. The Bertz CT molecular complexity index is 371. The minimum absolute atomic E-state index is 0.641. The molecule has 1 aromatic heterocycles. The van der Waals surface area contributed by atoms with E-state index in [2.05, 4.69) is 29.7 Å². The molecule has 0 radical (unpaired) electrons. The van der Waals surface area contributed by atoms with Crippen LogP contribution in [-0.4, -0.2) is 34.8 Å². The molecule has 0 spiro atoms. The van der Waals surface area contributed by atoms with E-state index < -0.39 is 0 Å². The summed E-state index contributed by atoms with van der Waals surface area (Å²) in [6.45, 7) is 8.64. The van der Waals surface area contributed by atoms with Gasteiger partial charge in [0.25, 0.3) is 0 Å². The van der Waals surface area contributed by atoms with E-state index in [1.165, 1.54) is 50.0 Å². The Kier molecular flexibility index (Phi) is 4.44. The van der Waals surface area contributed by atoms with E-state index >= 15 is 0 Å². The summed E-state index contributed by atoms with van der Waals surface area (Å²) < 4.78 is 2.25. The number of piperidine rings is 1. The maximum absolute atomic E-state index is 4.82. The van der Waals surface area contributed by atoms with Crippen LogP contribution in [-0.2, 0) is 0 Å². The molecule has 3 rings (SSSR count). The summed E-state index contributed by atoms with van der Waals surface area (Å²) in [6.07, 6.45) is 7.48. The first kappa shape index (κ1) is 13.6. The molecular weight excluding hydrogens is 222 g/mol. The third-order valence-electron chi connectivity index (χ3n) is 3.98. The molecule has 0 amide bonds. The number of nitrogens with zero attached hydrogens (tertiary/aromatic N) is 3. The fourth-order valence-corrected chi connectivity index (χ4v) is 2.70. The summed E-state index contributed by atoms with van der Waals surface area (Å²) in [5.74, 6) is 0.785. The molecule has 1 aromatic rings. The van der Waals surface area contributed by atoms with Crippen LogP contribution in [0.15, 0.2) is 6.20 Å². The van der Waals surface area contributed by atoms with Gasteiger partial charge in [-0.2, -0.15) is 5.10 Å². The highest BCUT2D eigenvalue weighted by molar-refractivity contribution is 5.23. The zero-order valence-electron chi connectivity index (χ0n) is 12.3. The standard InChI is InChI=1S/C13H21N3.C2H6/c1-10-9-16(14-13(10)11-3-4-11)12-5-7-15(2)8-6-12;1-2/h9,11-12H,3-8H2,1-2H3;1-2H3. The zero-order chi connectivity index (χ0) is 13.1. The van der Waals surface area contributed by atoms with Crippen molar-refractivity contribution in [3.8, 4) is 0 Å². The Morgan fingerprint density at radius 1 is 1.11 bits per heavy atom. The van der Waals surface area contributed by atoms with Gasteiger partial charge in [0.05, 0.1) is 11.7 Å². The lowest BCUT2D eigenvalue weighted by molar-refractivity contribution is 0.212. The van der Waals surface area contributed by atoms with Gasteiger partial charge >= 0.3 is 0 Å². The predicted molar refractivity (Wildman–Crippen MR) is 76.1 cm³/mol. The lowest BCUT2D eigenvalue weighted by atomic mass is 10.1. The molecule has 18 heavy (non-hydrogen) atoms. The molecule has 3 nitrogen and oxygen atoms in total. The molecule has 3 heteroatoms. The monoisotopic (exact) mass is 249 g/mol. The lowest BCUT2D eigenvalue weighted by Gasteiger charge is -2.29. The second kappa shape index (κ2) is 5.87. The number of aryl methyl sites for hydroxylation is 1. The Morgan fingerprint density at radius 3 is 2.28 bits per heavy atom. The molecule has 0 aromatic carbocycles. The predicted octanol–water partition coefficient (Wildman–Crippen LogP) is 3.36. The van der Waals surface area contributed by atoms with Crippen LogP contribution in [0.3, 0.4) is 0 Å². The summed E-state index contributed by atoms with van der Waals surface area (Å²) in [5, 5.41) is 4.82. The number of likely N-dealkylation sites (tertiary alicyclic amines) is 1. The largest absolute Gasteiger partial charge is 0.306 e. The van der Waals surface area contributed by atoms with Gasteiger partial charge < -0.3 is 4.90 Å². The van der Waals surface area contributed by atoms with Crippen molar-refractivity contribution in [2.24, 2.45) is 0 Å². The fourth-order valence-electron chi connectivity index (χ4n) is 2.70. The molecule has 1 aliphatic carbocycles. The molecule has 1 saturated heterocycles. The third-order valence-corrected chi connectivity index (χ3v) is 3.98. The minimum Gasteiger partial charge on any atom is -0.306 e. The van der Waals surface area contributed by atoms with E-state index in [1.807, 2.05) is 13.8 Å². The van der Waals surface area contributed by atoms with Crippen LogP contribution < -0.4 is 0 Å². The molecule has 1 saturated carbocycles. The highest BCUT2D eigenvalue weighted by Crippen LogP contribution is 2.41. The molecule has 2 aliphatic rings. The minimum atomic E-state index is 0.641. The maximum Gasteiger partial charge on any atom is 0.0684 e. The Morgan fingerprint density at radius 2 is 1.72 bits per heavy atom. The van der Waals surface area contributed by atoms with Gasteiger partial charge in [0.1, 0.15) is 0 Å². The molecule has 0 N–H and O–H groups in total. The van der Waals surface area contributed by atoms with Crippen LogP contribution in [0.1, 0.15) is 62.7 Å². The Labute approximate surface area is 111 Å². The lowest BCUT2D eigenvalue weighted by Crippen LogP contribution is -2.31. The van der Waals surface area contributed by atoms with Gasteiger partial charge in [0.2, 0.25) is 0 Å². The van der Waals surface area contributed by atoms with Crippen LogP contribution in [0.2, 0.25) is 0 Å². The van der Waals surface area contributed by atoms with Crippen molar-refractivity contribution in [2.45, 2.75) is 58.4 Å². The van der Waals surface area contributed by atoms with E-state index in [1.54, 1.807) is 0 Å². The van der Waals surface area contributed by atoms with Crippen molar-refractivity contribution in [1.82, 2.24) is 14.7 Å². The van der Waals surface area contributed by atoms with Crippen molar-refractivity contribution < 1.29 is 0 Å². The highest BCUT2D eigenvalue weighted by atomic mass is 15.3. The number of rotatable bonds is 2. The molecule has 2 fully saturated rings. The first-order chi connectivity index (χ1) is 8.74. The number of hydrogen-bond donors (Lipinski definition) is 0. The Balaban J connectivity index is 0.000000574. The van der Waals surface area contributed by atoms with Crippen molar-refractivity contribution in [2.75, 3.05) is 20.1 Å². The van der Waals surface area contributed by atoms with Crippen molar-refractivity contribution in [3.05, 3.63) is 17.5 Å².